The SMILES string of the molecule is CC(OC(=O)CCN=C1NS(=O)(=O)c2ccccc21)C(=O)Nc1cccc([N+](=O)[O-])c1. The highest BCUT2D eigenvalue weighted by Crippen LogP contribution is 2.22. The lowest BCUT2D eigenvalue weighted by atomic mass is 10.2. The van der Waals surface area contributed by atoms with E-state index in [4.69, 9.17) is 4.74 Å². The lowest BCUT2D eigenvalue weighted by Crippen LogP contribution is -2.30. The van der Waals surface area contributed by atoms with E-state index in [2.05, 4.69) is 15.0 Å². The number of esters is 1. The van der Waals surface area contributed by atoms with Gasteiger partial charge < -0.3 is 10.1 Å². The predicted octanol–water partition coefficient (Wildman–Crippen LogP) is 1.59. The lowest BCUT2D eigenvalue weighted by Gasteiger charge is -2.13. The van der Waals surface area contributed by atoms with Crippen LogP contribution in [0.5, 0.6) is 0 Å². The number of nitro groups is 1. The van der Waals surface area contributed by atoms with Crippen LogP contribution in [0.25, 0.3) is 0 Å². The Morgan fingerprint density at radius 1 is 1.23 bits per heavy atom. The molecule has 0 spiro atoms. The molecule has 0 saturated heterocycles. The predicted molar refractivity (Wildman–Crippen MR) is 110 cm³/mol. The van der Waals surface area contributed by atoms with Crippen LogP contribution in [0, 0.1) is 10.1 Å². The highest BCUT2D eigenvalue weighted by Gasteiger charge is 2.30. The van der Waals surface area contributed by atoms with E-state index >= 15 is 0 Å². The zero-order valence-corrected chi connectivity index (χ0v) is 17.1. The molecule has 0 aliphatic carbocycles. The van der Waals surface area contributed by atoms with Crippen LogP contribution in [0.3, 0.4) is 0 Å². The second kappa shape index (κ2) is 8.92. The third-order valence-electron chi connectivity index (χ3n) is 4.25. The van der Waals surface area contributed by atoms with Crippen molar-refractivity contribution in [2.24, 2.45) is 4.99 Å². The molecule has 0 fully saturated rings. The number of hydrogen-bond donors (Lipinski definition) is 2. The number of sulfonamides is 1. The van der Waals surface area contributed by atoms with Gasteiger partial charge in [-0.15, -0.1) is 0 Å². The molecule has 1 aliphatic heterocycles. The van der Waals surface area contributed by atoms with Gasteiger partial charge in [0.05, 0.1) is 22.8 Å². The number of ether oxygens (including phenoxy) is 1. The van der Waals surface area contributed by atoms with Crippen molar-refractivity contribution in [2.45, 2.75) is 24.3 Å². The van der Waals surface area contributed by atoms with Crippen LogP contribution < -0.4 is 10.0 Å². The number of rotatable bonds is 7. The third-order valence-corrected chi connectivity index (χ3v) is 5.65. The first kappa shape index (κ1) is 21.9. The van der Waals surface area contributed by atoms with Gasteiger partial charge in [-0.2, -0.15) is 0 Å². The Balaban J connectivity index is 1.53. The van der Waals surface area contributed by atoms with E-state index in [9.17, 15) is 28.1 Å². The summed E-state index contributed by atoms with van der Waals surface area (Å²) in [4.78, 5) is 38.6. The molecule has 3 rings (SSSR count). The van der Waals surface area contributed by atoms with Gasteiger partial charge in [-0.25, -0.2) is 8.42 Å². The standard InChI is InChI=1S/C19H18N4O7S/c1-12(19(25)21-13-5-4-6-14(11-13)23(26)27)30-17(24)9-10-20-18-15-7-2-3-8-16(15)31(28,29)22-18/h2-8,11-12H,9-10H2,1H3,(H,20,22)(H,21,25). The molecule has 2 aromatic carbocycles. The van der Waals surface area contributed by atoms with Gasteiger partial charge in [0.1, 0.15) is 5.84 Å². The second-order valence-electron chi connectivity index (χ2n) is 6.51. The van der Waals surface area contributed by atoms with Gasteiger partial charge in [-0.3, -0.25) is 29.4 Å². The maximum Gasteiger partial charge on any atom is 0.308 e. The first-order valence-corrected chi connectivity index (χ1v) is 10.6. The molecule has 1 amide bonds. The summed E-state index contributed by atoms with van der Waals surface area (Å²) in [5.74, 6) is -1.22. The number of anilines is 1. The number of nitro benzene ring substituents is 1. The zero-order valence-electron chi connectivity index (χ0n) is 16.3. The summed E-state index contributed by atoms with van der Waals surface area (Å²) in [5, 5.41) is 13.2. The van der Waals surface area contributed by atoms with E-state index in [-0.39, 0.29) is 35.1 Å². The normalized spacial score (nSPS) is 16.1. The van der Waals surface area contributed by atoms with Crippen LogP contribution in [-0.2, 0) is 24.3 Å². The molecule has 0 bridgehead atoms. The molecule has 1 aliphatic rings. The molecular weight excluding hydrogens is 428 g/mol. The molecule has 12 heteroatoms. The molecule has 0 radical (unpaired) electrons. The fraction of sp³-hybridized carbons (Fsp3) is 0.211. The first-order chi connectivity index (χ1) is 14.7. The number of amides is 1. The molecule has 0 aromatic heterocycles. The molecule has 1 unspecified atom stereocenters. The minimum atomic E-state index is -3.67. The number of amidine groups is 1. The summed E-state index contributed by atoms with van der Waals surface area (Å²) in [7, 11) is -3.67. The van der Waals surface area contributed by atoms with Crippen molar-refractivity contribution in [3.05, 3.63) is 64.2 Å². The third kappa shape index (κ3) is 5.22. The summed E-state index contributed by atoms with van der Waals surface area (Å²) in [6.07, 6.45) is -1.33. The van der Waals surface area contributed by atoms with E-state index in [1.807, 2.05) is 0 Å². The molecule has 2 N–H and O–H groups in total. The minimum Gasteiger partial charge on any atom is -0.452 e. The first-order valence-electron chi connectivity index (χ1n) is 9.09. The monoisotopic (exact) mass is 446 g/mol. The molecule has 0 saturated carbocycles. The smallest absolute Gasteiger partial charge is 0.308 e. The fourth-order valence-electron chi connectivity index (χ4n) is 2.76. The van der Waals surface area contributed by atoms with Crippen LogP contribution in [0.2, 0.25) is 0 Å². The molecule has 11 nitrogen and oxygen atoms in total. The minimum absolute atomic E-state index is 0.0513. The van der Waals surface area contributed by atoms with Gasteiger partial charge in [0.25, 0.3) is 21.6 Å². The lowest BCUT2D eigenvalue weighted by molar-refractivity contribution is -0.384. The topological polar surface area (TPSA) is 157 Å². The van der Waals surface area contributed by atoms with Crippen molar-refractivity contribution in [2.75, 3.05) is 11.9 Å². The number of nitrogens with one attached hydrogen (secondary N) is 2. The molecular formula is C19H18N4O7S. The number of nitrogens with zero attached hydrogens (tertiary/aromatic N) is 2. The Bertz CT molecular complexity index is 1180. The molecule has 162 valence electrons. The van der Waals surface area contributed by atoms with Crippen molar-refractivity contribution in [3.63, 3.8) is 0 Å². The molecule has 1 heterocycles. The Hall–Kier alpha value is -3.80. The number of non-ortho nitro benzene ring substituents is 1. The van der Waals surface area contributed by atoms with Crippen molar-refractivity contribution in [1.29, 1.82) is 0 Å². The summed E-state index contributed by atoms with van der Waals surface area (Å²) < 4.78 is 31.4. The van der Waals surface area contributed by atoms with Crippen LogP contribution in [0.15, 0.2) is 58.4 Å². The van der Waals surface area contributed by atoms with E-state index in [0.29, 0.717) is 5.56 Å². The number of carbonyl (C=O) groups excluding carboxylic acids is 2. The van der Waals surface area contributed by atoms with Crippen molar-refractivity contribution < 1.29 is 27.7 Å². The highest BCUT2D eigenvalue weighted by molar-refractivity contribution is 7.90. The Kier molecular flexibility index (Phi) is 6.30. The van der Waals surface area contributed by atoms with Crippen molar-refractivity contribution in [3.8, 4) is 0 Å². The van der Waals surface area contributed by atoms with Crippen LogP contribution in [0.4, 0.5) is 11.4 Å². The summed E-state index contributed by atoms with van der Waals surface area (Å²) in [5.41, 5.74) is 0.423. The van der Waals surface area contributed by atoms with Gasteiger partial charge in [-0.1, -0.05) is 18.2 Å². The van der Waals surface area contributed by atoms with E-state index in [0.717, 1.165) is 0 Å². The zero-order chi connectivity index (χ0) is 22.6. The van der Waals surface area contributed by atoms with Crippen LogP contribution in [0.1, 0.15) is 18.9 Å². The van der Waals surface area contributed by atoms with E-state index in [1.165, 1.54) is 37.3 Å². The molecule has 2 aromatic rings. The van der Waals surface area contributed by atoms with E-state index in [1.54, 1.807) is 18.2 Å². The number of benzene rings is 2. The number of hydrogen-bond acceptors (Lipinski definition) is 8. The maximum atomic E-state index is 12.2. The Morgan fingerprint density at radius 2 is 1.97 bits per heavy atom. The van der Waals surface area contributed by atoms with Gasteiger partial charge in [0, 0.05) is 23.4 Å². The van der Waals surface area contributed by atoms with Crippen molar-refractivity contribution in [1.82, 2.24) is 4.72 Å². The molecule has 31 heavy (non-hydrogen) atoms. The number of carbonyl (C=O) groups is 2. The second-order valence-corrected chi connectivity index (χ2v) is 8.16. The van der Waals surface area contributed by atoms with Crippen LogP contribution >= 0.6 is 0 Å². The average molecular weight is 446 g/mol. The van der Waals surface area contributed by atoms with Gasteiger partial charge >= 0.3 is 5.97 Å². The fourth-order valence-corrected chi connectivity index (χ4v) is 4.01. The number of aliphatic imine (C=N–C) groups is 1. The summed E-state index contributed by atoms with van der Waals surface area (Å²) in [6, 6.07) is 11.7. The summed E-state index contributed by atoms with van der Waals surface area (Å²) in [6.45, 7) is 1.31. The van der Waals surface area contributed by atoms with Gasteiger partial charge in [0.2, 0.25) is 0 Å². The van der Waals surface area contributed by atoms with E-state index < -0.39 is 32.9 Å². The quantitative estimate of drug-likeness (QED) is 0.371. The van der Waals surface area contributed by atoms with Crippen LogP contribution in [-0.4, -0.2) is 43.7 Å². The van der Waals surface area contributed by atoms with Crippen molar-refractivity contribution >= 4 is 39.1 Å². The highest BCUT2D eigenvalue weighted by atomic mass is 32.2. The Morgan fingerprint density at radius 3 is 2.71 bits per heavy atom. The average Bonchev–Trinajstić information content (AvgIpc) is 2.98. The van der Waals surface area contributed by atoms with Gasteiger partial charge in [-0.05, 0) is 25.1 Å². The largest absolute Gasteiger partial charge is 0.452 e. The Labute approximate surface area is 177 Å². The summed E-state index contributed by atoms with van der Waals surface area (Å²) >= 11 is 0. The number of fused-ring (bicyclic) bond motifs is 1. The molecule has 1 atom stereocenters. The maximum absolute atomic E-state index is 12.2. The van der Waals surface area contributed by atoms with Gasteiger partial charge in [0.15, 0.2) is 6.10 Å².